The average molecular weight is 374 g/mol. The van der Waals surface area contributed by atoms with E-state index >= 15 is 0 Å². The lowest BCUT2D eigenvalue weighted by Gasteiger charge is -2.12. The molecule has 0 aliphatic rings. The Kier molecular flexibility index (Phi) is 5.24. The van der Waals surface area contributed by atoms with Crippen LogP contribution < -0.4 is 5.32 Å². The van der Waals surface area contributed by atoms with Crippen LogP contribution in [0.15, 0.2) is 35.5 Å². The van der Waals surface area contributed by atoms with Crippen molar-refractivity contribution in [3.63, 3.8) is 0 Å². The highest BCUT2D eigenvalue weighted by Crippen LogP contribution is 2.41. The normalized spacial score (nSPS) is 12.3. The van der Waals surface area contributed by atoms with E-state index in [2.05, 4.69) is 52.7 Å². The topological polar surface area (TPSA) is 75.1 Å². The minimum atomic E-state index is -0.913. The van der Waals surface area contributed by atoms with Gasteiger partial charge in [0.2, 0.25) is 0 Å². The maximum absolute atomic E-state index is 11.2. The number of rotatable bonds is 6. The van der Waals surface area contributed by atoms with Gasteiger partial charge in [0.1, 0.15) is 23.0 Å². The van der Waals surface area contributed by atoms with Crippen molar-refractivity contribution in [1.29, 1.82) is 0 Å². The zero-order chi connectivity index (χ0) is 18.0. The highest BCUT2D eigenvalue weighted by atomic mass is 32.2. The Morgan fingerprint density at radius 2 is 2.04 bits per heavy atom. The quantitative estimate of drug-likeness (QED) is 0.619. The molecule has 7 heteroatoms. The fraction of sp³-hybridized carbons (Fsp3) is 0.278. The van der Waals surface area contributed by atoms with E-state index in [1.807, 2.05) is 0 Å². The first-order chi connectivity index (χ1) is 12.0. The highest BCUT2D eigenvalue weighted by Gasteiger charge is 2.20. The zero-order valence-corrected chi connectivity index (χ0v) is 15.9. The molecule has 3 aromatic rings. The number of carboxylic acids is 1. The second-order valence-electron chi connectivity index (χ2n) is 5.59. The van der Waals surface area contributed by atoms with Gasteiger partial charge in [0, 0.05) is 15.3 Å². The Bertz CT molecular complexity index is 907. The Hall–Kier alpha value is -2.12. The van der Waals surface area contributed by atoms with Gasteiger partial charge in [0.15, 0.2) is 0 Å². The van der Waals surface area contributed by atoms with Crippen LogP contribution in [-0.4, -0.2) is 33.3 Å². The second kappa shape index (κ2) is 7.41. The summed E-state index contributed by atoms with van der Waals surface area (Å²) >= 11 is 3.34. The first kappa shape index (κ1) is 17.7. The maximum atomic E-state index is 11.2. The highest BCUT2D eigenvalue weighted by molar-refractivity contribution is 7.98. The van der Waals surface area contributed by atoms with E-state index < -0.39 is 12.0 Å². The summed E-state index contributed by atoms with van der Waals surface area (Å²) in [4.78, 5) is 23.2. The van der Waals surface area contributed by atoms with Crippen LogP contribution in [0, 0.1) is 0 Å². The number of anilines is 1. The van der Waals surface area contributed by atoms with Crippen LogP contribution in [0.25, 0.3) is 21.3 Å². The van der Waals surface area contributed by atoms with E-state index in [-0.39, 0.29) is 0 Å². The third kappa shape index (κ3) is 3.48. The number of carbonyl (C=O) groups is 1. The first-order valence-corrected chi connectivity index (χ1v) is 9.99. The van der Waals surface area contributed by atoms with Crippen LogP contribution in [0.4, 0.5) is 5.82 Å². The zero-order valence-electron chi connectivity index (χ0n) is 14.2. The number of fused-ring (bicyclic) bond motifs is 1. The van der Waals surface area contributed by atoms with Crippen LogP contribution in [0.3, 0.4) is 0 Å². The number of hydrogen-bond donors (Lipinski definition) is 2. The molecule has 0 saturated heterocycles. The van der Waals surface area contributed by atoms with Gasteiger partial charge in [-0.3, -0.25) is 4.79 Å². The monoisotopic (exact) mass is 373 g/mol. The molecule has 2 aromatic heterocycles. The molecule has 0 amide bonds. The van der Waals surface area contributed by atoms with Gasteiger partial charge in [0.25, 0.3) is 0 Å². The number of aliphatic carboxylic acids is 1. The number of aromatic nitrogens is 2. The third-order valence-corrected chi connectivity index (χ3v) is 5.97. The lowest BCUT2D eigenvalue weighted by molar-refractivity contribution is -0.137. The number of nitrogens with one attached hydrogen (secondary N) is 1. The fourth-order valence-corrected chi connectivity index (χ4v) is 4.18. The molecule has 0 unspecified atom stereocenters. The number of aryl methyl sites for hydroxylation is 1. The average Bonchev–Trinajstić information content (AvgIpc) is 3.01. The van der Waals surface area contributed by atoms with Crippen LogP contribution in [0.1, 0.15) is 18.7 Å². The molecule has 25 heavy (non-hydrogen) atoms. The molecule has 0 fully saturated rings. The molecule has 5 nitrogen and oxygen atoms in total. The molecule has 2 N–H and O–H groups in total. The summed E-state index contributed by atoms with van der Waals surface area (Å²) in [6, 6.07) is 7.67. The summed E-state index contributed by atoms with van der Waals surface area (Å²) in [5, 5.41) is 13.1. The Balaban J connectivity index is 2.19. The molecular weight excluding hydrogens is 354 g/mol. The number of nitrogens with zero attached hydrogens (tertiary/aromatic N) is 2. The second-order valence-corrected chi connectivity index (χ2v) is 7.55. The number of benzene rings is 1. The fourth-order valence-electron chi connectivity index (χ4n) is 2.67. The van der Waals surface area contributed by atoms with E-state index in [1.165, 1.54) is 16.1 Å². The van der Waals surface area contributed by atoms with Crippen molar-refractivity contribution >= 4 is 45.1 Å². The van der Waals surface area contributed by atoms with Crippen LogP contribution >= 0.6 is 23.1 Å². The van der Waals surface area contributed by atoms with Crippen molar-refractivity contribution in [2.45, 2.75) is 31.2 Å². The van der Waals surface area contributed by atoms with Gasteiger partial charge in [-0.15, -0.1) is 23.1 Å². The van der Waals surface area contributed by atoms with Crippen molar-refractivity contribution in [2.75, 3.05) is 11.6 Å². The summed E-state index contributed by atoms with van der Waals surface area (Å²) in [5.74, 6) is -0.344. The van der Waals surface area contributed by atoms with E-state index in [0.717, 1.165) is 27.8 Å². The van der Waals surface area contributed by atoms with Gasteiger partial charge >= 0.3 is 5.97 Å². The Morgan fingerprint density at radius 3 is 2.64 bits per heavy atom. The Labute approximate surface area is 154 Å². The molecule has 0 aliphatic heterocycles. The van der Waals surface area contributed by atoms with E-state index in [1.54, 1.807) is 30.0 Å². The molecule has 0 radical (unpaired) electrons. The summed E-state index contributed by atoms with van der Waals surface area (Å²) in [5.41, 5.74) is 2.19. The van der Waals surface area contributed by atoms with Gasteiger partial charge < -0.3 is 10.4 Å². The van der Waals surface area contributed by atoms with E-state index in [9.17, 15) is 9.90 Å². The lowest BCUT2D eigenvalue weighted by Crippen LogP contribution is -2.26. The molecular formula is C18H19N3O2S2. The molecule has 0 saturated carbocycles. The van der Waals surface area contributed by atoms with E-state index in [0.29, 0.717) is 5.82 Å². The minimum absolute atomic E-state index is 0.569. The molecule has 0 spiro atoms. The lowest BCUT2D eigenvalue weighted by atomic mass is 10.0. The molecule has 2 heterocycles. The first-order valence-electron chi connectivity index (χ1n) is 7.95. The van der Waals surface area contributed by atoms with Crippen LogP contribution in [0.5, 0.6) is 0 Å². The van der Waals surface area contributed by atoms with Gasteiger partial charge in [-0.25, -0.2) is 9.97 Å². The summed E-state index contributed by atoms with van der Waals surface area (Å²) in [6.07, 6.45) is 4.42. The number of thiophene rings is 1. The van der Waals surface area contributed by atoms with Gasteiger partial charge in [-0.1, -0.05) is 19.1 Å². The Morgan fingerprint density at radius 1 is 1.32 bits per heavy atom. The summed E-state index contributed by atoms with van der Waals surface area (Å²) in [7, 11) is 0. The predicted molar refractivity (Wildman–Crippen MR) is 105 cm³/mol. The summed E-state index contributed by atoms with van der Waals surface area (Å²) in [6.45, 7) is 3.72. The van der Waals surface area contributed by atoms with Gasteiger partial charge in [-0.05, 0) is 37.3 Å². The van der Waals surface area contributed by atoms with Crippen molar-refractivity contribution < 1.29 is 9.90 Å². The SMILES string of the molecule is CCc1sc2ncnc(N[C@@H](C)C(=O)O)c2c1-c1ccc(SC)cc1. The minimum Gasteiger partial charge on any atom is -0.480 e. The largest absolute Gasteiger partial charge is 0.480 e. The van der Waals surface area contributed by atoms with Crippen LogP contribution in [0.2, 0.25) is 0 Å². The molecule has 130 valence electrons. The maximum Gasteiger partial charge on any atom is 0.325 e. The van der Waals surface area contributed by atoms with Crippen molar-refractivity contribution in [2.24, 2.45) is 0 Å². The molecule has 3 rings (SSSR count). The van der Waals surface area contributed by atoms with E-state index in [4.69, 9.17) is 0 Å². The number of thioether (sulfide) groups is 1. The summed E-state index contributed by atoms with van der Waals surface area (Å²) < 4.78 is 0. The third-order valence-electron chi connectivity index (χ3n) is 3.98. The van der Waals surface area contributed by atoms with Gasteiger partial charge in [-0.2, -0.15) is 0 Å². The molecule has 1 atom stereocenters. The van der Waals surface area contributed by atoms with Crippen molar-refractivity contribution in [3.8, 4) is 11.1 Å². The molecule has 1 aromatic carbocycles. The van der Waals surface area contributed by atoms with Crippen molar-refractivity contribution in [1.82, 2.24) is 9.97 Å². The smallest absolute Gasteiger partial charge is 0.325 e. The molecule has 0 bridgehead atoms. The number of carboxylic acid groups (broad SMARTS) is 1. The standard InChI is InChI=1S/C18H19N3O2S2/c1-4-13-14(11-5-7-12(24-3)8-6-11)15-16(21-10(2)18(22)23)19-9-20-17(15)25-13/h5-10H,4H2,1-3H3,(H,22,23)(H,19,20,21)/t10-/m0/s1. The predicted octanol–water partition coefficient (Wildman–Crippen LogP) is 4.53. The van der Waals surface area contributed by atoms with Crippen LogP contribution in [-0.2, 0) is 11.2 Å². The van der Waals surface area contributed by atoms with Gasteiger partial charge in [0.05, 0.1) is 5.39 Å². The molecule has 0 aliphatic carbocycles. The van der Waals surface area contributed by atoms with Crippen molar-refractivity contribution in [3.05, 3.63) is 35.5 Å². The number of hydrogen-bond acceptors (Lipinski definition) is 6.